The molecule has 0 atom stereocenters. The average molecular weight is 426 g/mol. The standard InChI is InChI=1S/C19H25ClFN5O3/c20-17-16(10-23-26(17)13-5-7-28-8-6-13)24-19-22-9-15(21)18(25-19)29-11-12-1-3-14(27)4-2-12/h9-10,12-14,27H,1-8,11H2,(H,22,24,25)/t12-,14-. The predicted molar refractivity (Wildman–Crippen MR) is 105 cm³/mol. The Morgan fingerprint density at radius 1 is 1.21 bits per heavy atom. The van der Waals surface area contributed by atoms with Crippen LogP contribution in [0.2, 0.25) is 5.15 Å². The molecule has 158 valence electrons. The van der Waals surface area contributed by atoms with Gasteiger partial charge in [0.15, 0.2) is 5.15 Å². The zero-order valence-corrected chi connectivity index (χ0v) is 16.8. The summed E-state index contributed by atoms with van der Waals surface area (Å²) in [4.78, 5) is 8.12. The third-order valence-electron chi connectivity index (χ3n) is 5.50. The molecule has 2 fully saturated rings. The minimum atomic E-state index is -0.615. The summed E-state index contributed by atoms with van der Waals surface area (Å²) in [7, 11) is 0. The molecule has 0 amide bonds. The SMILES string of the molecule is O[C@H]1CC[C@H](COc2nc(Nc3cnn(C4CCOCC4)c3Cl)ncc2F)CC1. The average Bonchev–Trinajstić information content (AvgIpc) is 3.10. The van der Waals surface area contributed by atoms with Crippen molar-refractivity contribution < 1.29 is 19.0 Å². The van der Waals surface area contributed by atoms with E-state index in [-0.39, 0.29) is 29.9 Å². The van der Waals surface area contributed by atoms with Gasteiger partial charge in [-0.05, 0) is 44.4 Å². The van der Waals surface area contributed by atoms with Crippen molar-refractivity contribution in [2.24, 2.45) is 5.92 Å². The van der Waals surface area contributed by atoms with Crippen LogP contribution in [-0.2, 0) is 4.74 Å². The van der Waals surface area contributed by atoms with E-state index in [2.05, 4.69) is 20.4 Å². The highest BCUT2D eigenvalue weighted by molar-refractivity contribution is 6.32. The molecular weight excluding hydrogens is 401 g/mol. The lowest BCUT2D eigenvalue weighted by Crippen LogP contribution is -2.23. The molecular formula is C19H25ClFN5O3. The Morgan fingerprint density at radius 2 is 1.97 bits per heavy atom. The number of ether oxygens (including phenoxy) is 2. The Morgan fingerprint density at radius 3 is 2.72 bits per heavy atom. The first-order valence-corrected chi connectivity index (χ1v) is 10.4. The van der Waals surface area contributed by atoms with Crippen LogP contribution in [0.25, 0.3) is 0 Å². The number of aromatic nitrogens is 4. The molecule has 1 aliphatic heterocycles. The van der Waals surface area contributed by atoms with Gasteiger partial charge < -0.3 is 19.9 Å². The molecule has 2 aromatic rings. The van der Waals surface area contributed by atoms with Crippen molar-refractivity contribution in [1.29, 1.82) is 0 Å². The van der Waals surface area contributed by atoms with Crippen molar-refractivity contribution in [3.63, 3.8) is 0 Å². The second-order valence-electron chi connectivity index (χ2n) is 7.59. The summed E-state index contributed by atoms with van der Waals surface area (Å²) < 4.78 is 26.8. The zero-order chi connectivity index (χ0) is 20.2. The number of nitrogens with zero attached hydrogens (tertiary/aromatic N) is 4. The number of nitrogens with one attached hydrogen (secondary N) is 1. The molecule has 2 aliphatic rings. The fraction of sp³-hybridized carbons (Fsp3) is 0.632. The molecule has 0 aromatic carbocycles. The quantitative estimate of drug-likeness (QED) is 0.731. The zero-order valence-electron chi connectivity index (χ0n) is 16.1. The number of aliphatic hydroxyl groups excluding tert-OH is 1. The van der Waals surface area contributed by atoms with E-state index in [9.17, 15) is 9.50 Å². The van der Waals surface area contributed by atoms with Gasteiger partial charge in [-0.3, -0.25) is 0 Å². The van der Waals surface area contributed by atoms with Crippen molar-refractivity contribution in [3.05, 3.63) is 23.4 Å². The van der Waals surface area contributed by atoms with Crippen LogP contribution in [0.4, 0.5) is 16.0 Å². The van der Waals surface area contributed by atoms with Crippen molar-refractivity contribution in [2.75, 3.05) is 25.1 Å². The lowest BCUT2D eigenvalue weighted by Gasteiger charge is -2.25. The number of hydrogen-bond acceptors (Lipinski definition) is 7. The van der Waals surface area contributed by atoms with Crippen LogP contribution in [0.3, 0.4) is 0 Å². The monoisotopic (exact) mass is 425 g/mol. The Hall–Kier alpha value is -1.97. The molecule has 1 saturated carbocycles. The van der Waals surface area contributed by atoms with Crippen LogP contribution in [0.5, 0.6) is 5.88 Å². The molecule has 0 spiro atoms. The van der Waals surface area contributed by atoms with Gasteiger partial charge in [0.25, 0.3) is 5.88 Å². The van der Waals surface area contributed by atoms with Crippen molar-refractivity contribution >= 4 is 23.2 Å². The Labute approximate surface area is 173 Å². The number of anilines is 2. The number of hydrogen-bond donors (Lipinski definition) is 2. The number of rotatable bonds is 6. The number of halogens is 2. The minimum absolute atomic E-state index is 0.0958. The lowest BCUT2D eigenvalue weighted by atomic mass is 9.88. The second kappa shape index (κ2) is 9.23. The normalized spacial score (nSPS) is 23.1. The summed E-state index contributed by atoms with van der Waals surface area (Å²) in [5.74, 6) is -0.234. The van der Waals surface area contributed by atoms with Gasteiger partial charge in [0.1, 0.15) is 0 Å². The maximum Gasteiger partial charge on any atom is 0.255 e. The first kappa shape index (κ1) is 20.3. The minimum Gasteiger partial charge on any atom is -0.475 e. The van der Waals surface area contributed by atoms with Gasteiger partial charge >= 0.3 is 0 Å². The predicted octanol–water partition coefficient (Wildman–Crippen LogP) is 3.49. The van der Waals surface area contributed by atoms with E-state index in [1.54, 1.807) is 10.9 Å². The highest BCUT2D eigenvalue weighted by atomic mass is 35.5. The van der Waals surface area contributed by atoms with Crippen molar-refractivity contribution in [2.45, 2.75) is 50.7 Å². The first-order valence-electron chi connectivity index (χ1n) is 10.0. The Balaban J connectivity index is 1.40. The first-order chi connectivity index (χ1) is 14.1. The molecule has 3 heterocycles. The molecule has 10 heteroatoms. The van der Waals surface area contributed by atoms with Gasteiger partial charge in [-0.2, -0.15) is 14.5 Å². The van der Waals surface area contributed by atoms with Gasteiger partial charge in [-0.25, -0.2) is 9.67 Å². The molecule has 2 aromatic heterocycles. The highest BCUT2D eigenvalue weighted by Crippen LogP contribution is 2.31. The molecule has 0 bridgehead atoms. The van der Waals surface area contributed by atoms with Crippen LogP contribution in [-0.4, -0.2) is 50.8 Å². The summed E-state index contributed by atoms with van der Waals surface area (Å²) in [6.45, 7) is 1.74. The molecule has 1 saturated heterocycles. The number of aliphatic hydroxyl groups is 1. The van der Waals surface area contributed by atoms with Crippen LogP contribution < -0.4 is 10.1 Å². The maximum absolute atomic E-state index is 14.1. The van der Waals surface area contributed by atoms with E-state index in [0.29, 0.717) is 30.7 Å². The van der Waals surface area contributed by atoms with Crippen LogP contribution in [0.1, 0.15) is 44.6 Å². The fourth-order valence-electron chi connectivity index (χ4n) is 3.76. The molecule has 0 radical (unpaired) electrons. The molecule has 1 aliphatic carbocycles. The van der Waals surface area contributed by atoms with Gasteiger partial charge in [-0.15, -0.1) is 0 Å². The van der Waals surface area contributed by atoms with E-state index in [4.69, 9.17) is 21.1 Å². The largest absolute Gasteiger partial charge is 0.475 e. The van der Waals surface area contributed by atoms with E-state index >= 15 is 0 Å². The molecule has 4 rings (SSSR count). The van der Waals surface area contributed by atoms with Crippen LogP contribution in [0, 0.1) is 11.7 Å². The van der Waals surface area contributed by atoms with Gasteiger partial charge in [0.2, 0.25) is 11.8 Å². The molecule has 0 unspecified atom stereocenters. The molecule has 2 N–H and O–H groups in total. The Bertz CT molecular complexity index is 822. The smallest absolute Gasteiger partial charge is 0.255 e. The third-order valence-corrected chi connectivity index (χ3v) is 5.88. The van der Waals surface area contributed by atoms with E-state index in [0.717, 1.165) is 44.7 Å². The Kier molecular flexibility index (Phi) is 6.46. The summed E-state index contributed by atoms with van der Waals surface area (Å²) in [6, 6.07) is 0.189. The summed E-state index contributed by atoms with van der Waals surface area (Å²) >= 11 is 6.47. The van der Waals surface area contributed by atoms with Crippen molar-refractivity contribution in [3.8, 4) is 5.88 Å². The van der Waals surface area contributed by atoms with E-state index in [1.165, 1.54) is 0 Å². The second-order valence-corrected chi connectivity index (χ2v) is 7.95. The topological polar surface area (TPSA) is 94.3 Å². The van der Waals surface area contributed by atoms with Gasteiger partial charge in [0, 0.05) is 13.2 Å². The van der Waals surface area contributed by atoms with Crippen LogP contribution in [0.15, 0.2) is 12.4 Å². The van der Waals surface area contributed by atoms with Gasteiger partial charge in [0.05, 0.1) is 36.8 Å². The molecule has 29 heavy (non-hydrogen) atoms. The maximum atomic E-state index is 14.1. The highest BCUT2D eigenvalue weighted by Gasteiger charge is 2.22. The van der Waals surface area contributed by atoms with Crippen molar-refractivity contribution in [1.82, 2.24) is 19.7 Å². The fourth-order valence-corrected chi connectivity index (χ4v) is 4.03. The summed E-state index contributed by atoms with van der Waals surface area (Å²) in [6.07, 6.45) is 7.38. The molecule has 8 nitrogen and oxygen atoms in total. The van der Waals surface area contributed by atoms with Gasteiger partial charge in [-0.1, -0.05) is 11.6 Å². The third kappa shape index (κ3) is 4.96. The summed E-state index contributed by atoms with van der Waals surface area (Å²) in [5, 5.41) is 17.4. The summed E-state index contributed by atoms with van der Waals surface area (Å²) in [5.41, 5.74) is 0.553. The van der Waals surface area contributed by atoms with E-state index in [1.807, 2.05) is 0 Å². The lowest BCUT2D eigenvalue weighted by molar-refractivity contribution is 0.0663. The van der Waals surface area contributed by atoms with Crippen LogP contribution >= 0.6 is 11.6 Å². The van der Waals surface area contributed by atoms with E-state index < -0.39 is 5.82 Å².